The number of thioether (sulfide) groups is 1. The molecule has 0 amide bonds. The van der Waals surface area contributed by atoms with Gasteiger partial charge in [-0.25, -0.2) is 0 Å². The highest BCUT2D eigenvalue weighted by molar-refractivity contribution is 7.98. The quantitative estimate of drug-likeness (QED) is 0.300. The number of benzene rings is 3. The van der Waals surface area contributed by atoms with E-state index in [1.165, 1.54) is 57.5 Å². The molecule has 0 aliphatic carbocycles. The highest BCUT2D eigenvalue weighted by Crippen LogP contribution is 2.40. The first-order valence-corrected chi connectivity index (χ1v) is 13.5. The molecule has 2 aliphatic rings. The third-order valence-electron chi connectivity index (χ3n) is 7.41. The van der Waals surface area contributed by atoms with E-state index in [1.54, 1.807) is 0 Å². The van der Waals surface area contributed by atoms with Crippen LogP contribution in [0.3, 0.4) is 0 Å². The predicted molar refractivity (Wildman–Crippen MR) is 143 cm³/mol. The zero-order valence-electron chi connectivity index (χ0n) is 19.8. The monoisotopic (exact) mass is 465 g/mol. The lowest BCUT2D eigenvalue weighted by molar-refractivity contribution is 0.266. The van der Waals surface area contributed by atoms with Crippen molar-refractivity contribution in [1.29, 1.82) is 0 Å². The molecule has 0 radical (unpaired) electrons. The van der Waals surface area contributed by atoms with Gasteiger partial charge in [0.2, 0.25) is 0 Å². The van der Waals surface area contributed by atoms with E-state index in [1.807, 2.05) is 11.8 Å². The first-order chi connectivity index (χ1) is 16.8. The van der Waals surface area contributed by atoms with Crippen molar-refractivity contribution in [2.24, 2.45) is 0 Å². The van der Waals surface area contributed by atoms with Crippen LogP contribution in [-0.4, -0.2) is 24.0 Å². The van der Waals surface area contributed by atoms with Gasteiger partial charge >= 0.3 is 0 Å². The molecule has 2 nitrogen and oxygen atoms in total. The Morgan fingerprint density at radius 3 is 2.74 bits per heavy atom. The van der Waals surface area contributed by atoms with Gasteiger partial charge in [-0.05, 0) is 72.7 Å². The fourth-order valence-electron chi connectivity index (χ4n) is 5.50. The summed E-state index contributed by atoms with van der Waals surface area (Å²) in [6.07, 6.45) is 6.90. The molecule has 3 heteroatoms. The van der Waals surface area contributed by atoms with Crippen molar-refractivity contribution in [2.75, 3.05) is 13.1 Å². The van der Waals surface area contributed by atoms with Gasteiger partial charge in [-0.2, -0.15) is 0 Å². The van der Waals surface area contributed by atoms with Gasteiger partial charge in [0.15, 0.2) is 0 Å². The molecule has 172 valence electrons. The van der Waals surface area contributed by atoms with Crippen LogP contribution in [0.25, 0.3) is 16.5 Å². The third-order valence-corrected chi connectivity index (χ3v) is 8.53. The maximum atomic E-state index is 6.44. The Kier molecular flexibility index (Phi) is 6.07. The summed E-state index contributed by atoms with van der Waals surface area (Å²) in [6.45, 7) is 4.66. The smallest absolute Gasteiger partial charge is 0.137 e. The molecule has 0 N–H and O–H groups in total. The molecule has 1 unspecified atom stereocenters. The van der Waals surface area contributed by atoms with Crippen LogP contribution in [0.15, 0.2) is 88.2 Å². The number of rotatable bonds is 5. The molecule has 1 fully saturated rings. The molecule has 0 spiro atoms. The van der Waals surface area contributed by atoms with Gasteiger partial charge in [0.05, 0.1) is 0 Å². The van der Waals surface area contributed by atoms with Gasteiger partial charge in [0, 0.05) is 35.0 Å². The molecule has 4 aromatic rings. The Labute approximate surface area is 206 Å². The number of allylic oxidation sites excluding steroid dienone is 1. The Hall–Kier alpha value is -2.75. The Balaban J connectivity index is 1.32. The van der Waals surface area contributed by atoms with Crippen molar-refractivity contribution in [3.05, 3.63) is 107 Å². The van der Waals surface area contributed by atoms with E-state index < -0.39 is 0 Å². The second kappa shape index (κ2) is 9.48. The van der Waals surface area contributed by atoms with E-state index in [0.29, 0.717) is 6.04 Å². The number of likely N-dealkylation sites (tertiary alicyclic amines) is 1. The Morgan fingerprint density at radius 2 is 1.85 bits per heavy atom. The predicted octanol–water partition coefficient (Wildman–Crippen LogP) is 7.74. The van der Waals surface area contributed by atoms with Crippen LogP contribution in [0.1, 0.15) is 47.8 Å². The molecule has 2 aliphatic heterocycles. The molecular weight excluding hydrogens is 434 g/mol. The fourth-order valence-corrected chi connectivity index (χ4v) is 6.57. The van der Waals surface area contributed by atoms with E-state index in [0.717, 1.165) is 36.5 Å². The lowest BCUT2D eigenvalue weighted by Crippen LogP contribution is -2.28. The first-order valence-electron chi connectivity index (χ1n) is 12.5. The molecule has 1 saturated heterocycles. The number of hydrogen-bond acceptors (Lipinski definition) is 3. The molecule has 3 heterocycles. The molecule has 1 aromatic heterocycles. The largest absolute Gasteiger partial charge is 0.461 e. The summed E-state index contributed by atoms with van der Waals surface area (Å²) in [7, 11) is 0. The van der Waals surface area contributed by atoms with E-state index >= 15 is 0 Å². The van der Waals surface area contributed by atoms with E-state index in [4.69, 9.17) is 4.42 Å². The molecule has 34 heavy (non-hydrogen) atoms. The van der Waals surface area contributed by atoms with Gasteiger partial charge in [-0.15, -0.1) is 11.8 Å². The first kappa shape index (κ1) is 21.8. The van der Waals surface area contributed by atoms with Gasteiger partial charge in [0.1, 0.15) is 11.3 Å². The molecule has 3 aromatic carbocycles. The number of fused-ring (bicyclic) bond motifs is 3. The Morgan fingerprint density at radius 1 is 1.00 bits per heavy atom. The second-order valence-electron chi connectivity index (χ2n) is 9.59. The van der Waals surface area contributed by atoms with Crippen LogP contribution in [0.2, 0.25) is 0 Å². The van der Waals surface area contributed by atoms with Crippen molar-refractivity contribution in [3.8, 4) is 0 Å². The van der Waals surface area contributed by atoms with Gasteiger partial charge < -0.3 is 9.32 Å². The molecule has 1 atom stereocenters. The Bertz CT molecular complexity index is 1300. The van der Waals surface area contributed by atoms with Crippen LogP contribution in [-0.2, 0) is 18.6 Å². The van der Waals surface area contributed by atoms with Crippen LogP contribution < -0.4 is 0 Å². The lowest BCUT2D eigenvalue weighted by atomic mass is 9.93. The minimum Gasteiger partial charge on any atom is -0.461 e. The maximum Gasteiger partial charge on any atom is 0.137 e. The molecule has 0 saturated carbocycles. The average molecular weight is 466 g/mol. The zero-order valence-corrected chi connectivity index (χ0v) is 20.6. The topological polar surface area (TPSA) is 16.4 Å². The summed E-state index contributed by atoms with van der Waals surface area (Å²) in [5.74, 6) is 2.12. The SMILES string of the molecule is CC1CCCN1CCc1cc2cccc(C/C=C3/c4ccccc4CSc4ccccc43)c2o1. The summed E-state index contributed by atoms with van der Waals surface area (Å²) in [5, 5.41) is 1.22. The second-order valence-corrected chi connectivity index (χ2v) is 10.6. The van der Waals surface area contributed by atoms with Crippen molar-refractivity contribution >= 4 is 28.3 Å². The minimum atomic E-state index is 0.704. The van der Waals surface area contributed by atoms with Crippen LogP contribution >= 0.6 is 11.8 Å². The summed E-state index contributed by atoms with van der Waals surface area (Å²) < 4.78 is 6.44. The molecule has 0 bridgehead atoms. The number of furan rings is 1. The number of nitrogens with zero attached hydrogens (tertiary/aromatic N) is 1. The average Bonchev–Trinajstić information content (AvgIpc) is 3.44. The molecule has 6 rings (SSSR count). The van der Waals surface area contributed by atoms with Crippen LogP contribution in [0.4, 0.5) is 0 Å². The highest BCUT2D eigenvalue weighted by atomic mass is 32.2. The minimum absolute atomic E-state index is 0.704. The summed E-state index contributed by atoms with van der Waals surface area (Å²) >= 11 is 1.94. The van der Waals surface area contributed by atoms with E-state index in [2.05, 4.69) is 90.7 Å². The maximum absolute atomic E-state index is 6.44. The van der Waals surface area contributed by atoms with E-state index in [-0.39, 0.29) is 0 Å². The van der Waals surface area contributed by atoms with Crippen LogP contribution in [0.5, 0.6) is 0 Å². The standard InChI is InChI=1S/C31H31NOS/c1-22-8-7-18-32(22)19-17-26-20-24-11-6-10-23(31(24)33-26)15-16-28-27-12-3-2-9-25(27)21-34-30-14-5-4-13-29(28)30/h2-6,9-14,16,20,22H,7-8,15,17-19,21H2,1H3/b28-16-. The van der Waals surface area contributed by atoms with Gasteiger partial charge in [-0.3, -0.25) is 0 Å². The fraction of sp³-hybridized carbons (Fsp3) is 0.290. The highest BCUT2D eigenvalue weighted by Gasteiger charge is 2.21. The third kappa shape index (κ3) is 4.23. The van der Waals surface area contributed by atoms with Crippen molar-refractivity contribution in [2.45, 2.75) is 49.3 Å². The number of para-hydroxylation sites is 1. The lowest BCUT2D eigenvalue weighted by Gasteiger charge is -2.19. The van der Waals surface area contributed by atoms with Crippen molar-refractivity contribution in [3.63, 3.8) is 0 Å². The molecular formula is C31H31NOS. The van der Waals surface area contributed by atoms with E-state index in [9.17, 15) is 0 Å². The summed E-state index contributed by atoms with van der Waals surface area (Å²) in [4.78, 5) is 3.96. The van der Waals surface area contributed by atoms with Gasteiger partial charge in [-0.1, -0.05) is 66.7 Å². The zero-order chi connectivity index (χ0) is 22.9. The van der Waals surface area contributed by atoms with Crippen LogP contribution in [0, 0.1) is 0 Å². The van der Waals surface area contributed by atoms with Gasteiger partial charge in [0.25, 0.3) is 0 Å². The van der Waals surface area contributed by atoms with Crippen molar-refractivity contribution < 1.29 is 4.42 Å². The number of hydrogen-bond donors (Lipinski definition) is 0. The summed E-state index contributed by atoms with van der Waals surface area (Å²) in [5.41, 5.74) is 7.75. The summed E-state index contributed by atoms with van der Waals surface area (Å²) in [6, 6.07) is 27.2. The van der Waals surface area contributed by atoms with Crippen molar-refractivity contribution in [1.82, 2.24) is 4.90 Å². The normalized spacial score (nSPS) is 19.3.